The third-order valence-electron chi connectivity index (χ3n) is 3.71. The summed E-state index contributed by atoms with van der Waals surface area (Å²) in [7, 11) is 0. The number of carbonyl (C=O) groups is 1. The number of piperidine rings is 1. The largest absolute Gasteiger partial charge is 0.478 e. The van der Waals surface area contributed by atoms with Gasteiger partial charge in [0, 0.05) is 12.6 Å². The summed E-state index contributed by atoms with van der Waals surface area (Å²) in [6.07, 6.45) is 2.42. The minimum absolute atomic E-state index is 0.288. The number of carboxylic acid groups (broad SMARTS) is 1. The Labute approximate surface area is 108 Å². The smallest absolute Gasteiger partial charge is 0.337 e. The zero-order valence-electron chi connectivity index (χ0n) is 11.2. The highest BCUT2D eigenvalue weighted by molar-refractivity contribution is 5.89. The van der Waals surface area contributed by atoms with E-state index in [0.717, 1.165) is 12.4 Å². The molecule has 4 heteroatoms. The first kappa shape index (κ1) is 12.9. The molecule has 2 unspecified atom stereocenters. The Bertz CT molecular complexity index is 459. The highest BCUT2D eigenvalue weighted by Crippen LogP contribution is 2.26. The van der Waals surface area contributed by atoms with Gasteiger partial charge in [-0.3, -0.25) is 0 Å². The van der Waals surface area contributed by atoms with E-state index in [9.17, 15) is 4.79 Å². The Morgan fingerprint density at radius 2 is 2.11 bits per heavy atom. The highest BCUT2D eigenvalue weighted by Gasteiger charge is 2.24. The van der Waals surface area contributed by atoms with E-state index in [0.29, 0.717) is 17.7 Å². The Balaban J connectivity index is 2.28. The molecule has 2 atom stereocenters. The van der Waals surface area contributed by atoms with E-state index >= 15 is 0 Å². The van der Waals surface area contributed by atoms with Gasteiger partial charge in [-0.2, -0.15) is 0 Å². The van der Waals surface area contributed by atoms with Crippen LogP contribution in [0.5, 0.6) is 0 Å². The van der Waals surface area contributed by atoms with Gasteiger partial charge < -0.3 is 10.0 Å². The van der Waals surface area contributed by atoms with Gasteiger partial charge >= 0.3 is 5.97 Å². The van der Waals surface area contributed by atoms with Crippen molar-refractivity contribution in [3.63, 3.8) is 0 Å². The Kier molecular flexibility index (Phi) is 3.55. The maximum absolute atomic E-state index is 11.0. The standard InChI is InChI=1S/C14H20N2O2/c1-9-4-5-10(2)16(8-9)13-7-6-12(14(17)18)11(3)15-13/h6-7,9-10H,4-5,8H2,1-3H3,(H,17,18). The molecule has 98 valence electrons. The molecule has 0 bridgehead atoms. The van der Waals surface area contributed by atoms with Gasteiger partial charge in [-0.15, -0.1) is 0 Å². The predicted octanol–water partition coefficient (Wildman–Crippen LogP) is 2.71. The maximum atomic E-state index is 11.0. The molecule has 0 saturated carbocycles. The van der Waals surface area contributed by atoms with Crippen LogP contribution in [0.1, 0.15) is 42.7 Å². The van der Waals surface area contributed by atoms with Crippen molar-refractivity contribution in [3.05, 3.63) is 23.4 Å². The molecule has 18 heavy (non-hydrogen) atoms. The first-order valence-electron chi connectivity index (χ1n) is 6.46. The molecule has 0 aliphatic carbocycles. The molecular formula is C14H20N2O2. The number of rotatable bonds is 2. The molecule has 0 amide bonds. The minimum atomic E-state index is -0.911. The van der Waals surface area contributed by atoms with Gasteiger partial charge in [0.25, 0.3) is 0 Å². The van der Waals surface area contributed by atoms with E-state index in [1.165, 1.54) is 12.8 Å². The van der Waals surface area contributed by atoms with Crippen molar-refractivity contribution in [3.8, 4) is 0 Å². The minimum Gasteiger partial charge on any atom is -0.478 e. The number of carboxylic acids is 1. The molecule has 4 nitrogen and oxygen atoms in total. The average molecular weight is 248 g/mol. The molecule has 1 aromatic heterocycles. The van der Waals surface area contributed by atoms with Crippen LogP contribution in [0.15, 0.2) is 12.1 Å². The van der Waals surface area contributed by atoms with Crippen LogP contribution < -0.4 is 4.90 Å². The summed E-state index contributed by atoms with van der Waals surface area (Å²) in [5, 5.41) is 9.01. The van der Waals surface area contributed by atoms with Gasteiger partial charge in [0.2, 0.25) is 0 Å². The lowest BCUT2D eigenvalue weighted by Gasteiger charge is -2.37. The van der Waals surface area contributed by atoms with Crippen LogP contribution in [0.3, 0.4) is 0 Å². The van der Waals surface area contributed by atoms with Gasteiger partial charge in [-0.1, -0.05) is 6.92 Å². The second-order valence-electron chi connectivity index (χ2n) is 5.29. The van der Waals surface area contributed by atoms with Crippen LogP contribution in [0, 0.1) is 12.8 Å². The summed E-state index contributed by atoms with van der Waals surface area (Å²) in [5.41, 5.74) is 0.877. The molecule has 0 aromatic carbocycles. The fraction of sp³-hybridized carbons (Fsp3) is 0.571. The number of aromatic carboxylic acids is 1. The van der Waals surface area contributed by atoms with Crippen molar-refractivity contribution >= 4 is 11.8 Å². The van der Waals surface area contributed by atoms with Crippen molar-refractivity contribution < 1.29 is 9.90 Å². The zero-order chi connectivity index (χ0) is 13.3. The van der Waals surface area contributed by atoms with Crippen LogP contribution in [0.25, 0.3) is 0 Å². The average Bonchev–Trinajstić information content (AvgIpc) is 2.31. The Hall–Kier alpha value is -1.58. The van der Waals surface area contributed by atoms with Crippen molar-refractivity contribution in [2.24, 2.45) is 5.92 Å². The van der Waals surface area contributed by atoms with Crippen LogP contribution in [-0.2, 0) is 0 Å². The Morgan fingerprint density at radius 1 is 1.39 bits per heavy atom. The normalized spacial score (nSPS) is 24.1. The van der Waals surface area contributed by atoms with Crippen molar-refractivity contribution in [2.45, 2.75) is 39.7 Å². The quantitative estimate of drug-likeness (QED) is 0.874. The van der Waals surface area contributed by atoms with Gasteiger partial charge in [-0.05, 0) is 44.7 Å². The number of aromatic nitrogens is 1. The molecule has 1 fully saturated rings. The molecular weight excluding hydrogens is 228 g/mol. The van der Waals surface area contributed by atoms with E-state index in [-0.39, 0.29) is 5.56 Å². The summed E-state index contributed by atoms with van der Waals surface area (Å²) >= 11 is 0. The van der Waals surface area contributed by atoms with Crippen LogP contribution in [-0.4, -0.2) is 28.6 Å². The highest BCUT2D eigenvalue weighted by atomic mass is 16.4. The second kappa shape index (κ2) is 4.96. The van der Waals surface area contributed by atoms with Gasteiger partial charge in [0.1, 0.15) is 5.82 Å². The molecule has 0 spiro atoms. The van der Waals surface area contributed by atoms with Gasteiger partial charge in [0.15, 0.2) is 0 Å². The van der Waals surface area contributed by atoms with Crippen LogP contribution in [0.4, 0.5) is 5.82 Å². The lowest BCUT2D eigenvalue weighted by atomic mass is 9.95. The Morgan fingerprint density at radius 3 is 2.72 bits per heavy atom. The number of hydrogen-bond acceptors (Lipinski definition) is 3. The fourth-order valence-corrected chi connectivity index (χ4v) is 2.54. The summed E-state index contributed by atoms with van der Waals surface area (Å²) in [5.74, 6) is 0.658. The number of pyridine rings is 1. The summed E-state index contributed by atoms with van der Waals surface area (Å²) in [6.45, 7) is 7.20. The van der Waals surface area contributed by atoms with Crippen molar-refractivity contribution in [2.75, 3.05) is 11.4 Å². The van der Waals surface area contributed by atoms with Crippen LogP contribution in [0.2, 0.25) is 0 Å². The summed E-state index contributed by atoms with van der Waals surface area (Å²) < 4.78 is 0. The third-order valence-corrected chi connectivity index (χ3v) is 3.71. The van der Waals surface area contributed by atoms with Crippen molar-refractivity contribution in [1.29, 1.82) is 0 Å². The number of hydrogen-bond donors (Lipinski definition) is 1. The van der Waals surface area contributed by atoms with Gasteiger partial charge in [0.05, 0.1) is 11.3 Å². The molecule has 1 saturated heterocycles. The lowest BCUT2D eigenvalue weighted by Crippen LogP contribution is -2.41. The predicted molar refractivity (Wildman–Crippen MR) is 71.1 cm³/mol. The van der Waals surface area contributed by atoms with Crippen molar-refractivity contribution in [1.82, 2.24) is 4.98 Å². The zero-order valence-corrected chi connectivity index (χ0v) is 11.2. The molecule has 1 aromatic rings. The molecule has 0 radical (unpaired) electrons. The summed E-state index contributed by atoms with van der Waals surface area (Å²) in [6, 6.07) is 3.96. The number of aryl methyl sites for hydroxylation is 1. The number of nitrogens with zero attached hydrogens (tertiary/aromatic N) is 2. The third kappa shape index (κ3) is 2.47. The van der Waals surface area contributed by atoms with Gasteiger partial charge in [-0.25, -0.2) is 9.78 Å². The van der Waals surface area contributed by atoms with E-state index in [1.54, 1.807) is 13.0 Å². The van der Waals surface area contributed by atoms with E-state index in [4.69, 9.17) is 5.11 Å². The molecule has 1 aliphatic heterocycles. The summed E-state index contributed by atoms with van der Waals surface area (Å²) in [4.78, 5) is 17.7. The first-order valence-corrected chi connectivity index (χ1v) is 6.46. The monoisotopic (exact) mass is 248 g/mol. The molecule has 1 aliphatic rings. The topological polar surface area (TPSA) is 53.4 Å². The second-order valence-corrected chi connectivity index (χ2v) is 5.29. The maximum Gasteiger partial charge on any atom is 0.337 e. The fourth-order valence-electron chi connectivity index (χ4n) is 2.54. The first-order chi connectivity index (χ1) is 8.49. The molecule has 2 rings (SSSR count). The molecule has 2 heterocycles. The van der Waals surface area contributed by atoms with Crippen LogP contribution >= 0.6 is 0 Å². The number of anilines is 1. The van der Waals surface area contributed by atoms with E-state index in [1.807, 2.05) is 6.07 Å². The van der Waals surface area contributed by atoms with E-state index < -0.39 is 5.97 Å². The lowest BCUT2D eigenvalue weighted by molar-refractivity contribution is 0.0695. The molecule has 1 N–H and O–H groups in total. The SMILES string of the molecule is Cc1nc(N2CC(C)CCC2C)ccc1C(=O)O. The van der Waals surface area contributed by atoms with E-state index in [2.05, 4.69) is 23.7 Å².